The molecule has 1 spiro atoms. The topological polar surface area (TPSA) is 39.2 Å². The van der Waals surface area contributed by atoms with E-state index in [4.69, 9.17) is 4.74 Å². The quantitative estimate of drug-likeness (QED) is 0.741. The molecule has 0 aliphatic heterocycles. The Balaban J connectivity index is 1.54. The Kier molecular flexibility index (Phi) is 3.79. The normalized spacial score (nSPS) is 41.4. The summed E-state index contributed by atoms with van der Waals surface area (Å²) in [4.78, 5) is 16.7. The Morgan fingerprint density at radius 2 is 2.04 bits per heavy atom. The first-order valence-electron chi connectivity index (χ1n) is 9.89. The fraction of sp³-hybridized carbons (Fsp3) is 0.727. The Labute approximate surface area is 151 Å². The standard InChI is InChI=1S/C22H31NO2/c1-15-7-8-17-20(2,3)18-13-22(15,17)10-9-21(18,4)25-19(24)12-16-6-5-11-23-14-16/h5-6,11,14-15,17-18H,7-10,12-13H2,1-4H3/t15-,17?,18-,21-,22+/m1/s1. The second-order valence-corrected chi connectivity index (χ2v) is 9.67. The summed E-state index contributed by atoms with van der Waals surface area (Å²) < 4.78 is 6.18. The number of aromatic nitrogens is 1. The van der Waals surface area contributed by atoms with Gasteiger partial charge in [0.1, 0.15) is 5.60 Å². The van der Waals surface area contributed by atoms with Crippen LogP contribution in [0.15, 0.2) is 24.5 Å². The van der Waals surface area contributed by atoms with Gasteiger partial charge in [-0.1, -0.05) is 26.8 Å². The smallest absolute Gasteiger partial charge is 0.310 e. The average Bonchev–Trinajstić information content (AvgIpc) is 2.98. The molecule has 0 aromatic carbocycles. The molecular formula is C22H31NO2. The number of rotatable bonds is 3. The van der Waals surface area contributed by atoms with Crippen molar-refractivity contribution in [2.24, 2.45) is 28.6 Å². The van der Waals surface area contributed by atoms with E-state index in [0.717, 1.165) is 23.8 Å². The number of carbonyl (C=O) groups is 1. The molecule has 0 amide bonds. The lowest BCUT2D eigenvalue weighted by Crippen LogP contribution is -2.47. The Morgan fingerprint density at radius 3 is 2.76 bits per heavy atom. The predicted octanol–water partition coefficient (Wildman–Crippen LogP) is 4.80. The first-order chi connectivity index (χ1) is 11.8. The van der Waals surface area contributed by atoms with Crippen LogP contribution in [-0.4, -0.2) is 16.6 Å². The SMILES string of the molecule is C[C@@H]1CCC2C(C)(C)[C@H]3C[C@]21CC[C@@]3(C)OC(=O)Cc1cccnc1. The second kappa shape index (κ2) is 5.56. The lowest BCUT2D eigenvalue weighted by Gasteiger charge is -2.46. The van der Waals surface area contributed by atoms with E-state index in [0.29, 0.717) is 17.8 Å². The van der Waals surface area contributed by atoms with Crippen LogP contribution >= 0.6 is 0 Å². The van der Waals surface area contributed by atoms with Gasteiger partial charge >= 0.3 is 5.97 Å². The third-order valence-electron chi connectivity index (χ3n) is 8.19. The van der Waals surface area contributed by atoms with Crippen LogP contribution in [0.2, 0.25) is 0 Å². The number of nitrogens with zero attached hydrogens (tertiary/aromatic N) is 1. The third-order valence-corrected chi connectivity index (χ3v) is 8.19. The van der Waals surface area contributed by atoms with Crippen molar-refractivity contribution in [3.8, 4) is 0 Å². The first kappa shape index (κ1) is 17.1. The summed E-state index contributed by atoms with van der Waals surface area (Å²) in [6.45, 7) is 9.51. The molecule has 3 fully saturated rings. The van der Waals surface area contributed by atoms with E-state index in [1.807, 2.05) is 12.1 Å². The molecule has 4 rings (SSSR count). The maximum Gasteiger partial charge on any atom is 0.310 e. The van der Waals surface area contributed by atoms with Gasteiger partial charge in [-0.2, -0.15) is 0 Å². The average molecular weight is 341 g/mol. The molecule has 3 saturated carbocycles. The Hall–Kier alpha value is -1.38. The van der Waals surface area contributed by atoms with E-state index >= 15 is 0 Å². The van der Waals surface area contributed by atoms with Gasteiger partial charge < -0.3 is 4.74 Å². The third kappa shape index (κ3) is 2.45. The van der Waals surface area contributed by atoms with Crippen LogP contribution in [0.1, 0.15) is 65.4 Å². The van der Waals surface area contributed by atoms with E-state index in [-0.39, 0.29) is 17.0 Å². The van der Waals surface area contributed by atoms with Crippen molar-refractivity contribution >= 4 is 5.97 Å². The molecule has 3 aliphatic rings. The zero-order valence-electron chi connectivity index (χ0n) is 16.0. The fourth-order valence-corrected chi connectivity index (χ4v) is 6.95. The van der Waals surface area contributed by atoms with Crippen molar-refractivity contribution in [3.63, 3.8) is 0 Å². The van der Waals surface area contributed by atoms with Crippen molar-refractivity contribution in [3.05, 3.63) is 30.1 Å². The number of hydrogen-bond acceptors (Lipinski definition) is 3. The molecule has 1 aromatic rings. The van der Waals surface area contributed by atoms with Crippen LogP contribution in [0.5, 0.6) is 0 Å². The predicted molar refractivity (Wildman–Crippen MR) is 97.9 cm³/mol. The number of pyridine rings is 1. The lowest BCUT2D eigenvalue weighted by atomic mass is 9.64. The van der Waals surface area contributed by atoms with Crippen molar-refractivity contribution in [1.82, 2.24) is 4.98 Å². The molecule has 0 saturated heterocycles. The molecule has 25 heavy (non-hydrogen) atoms. The largest absolute Gasteiger partial charge is 0.459 e. The van der Waals surface area contributed by atoms with E-state index in [2.05, 4.69) is 32.7 Å². The summed E-state index contributed by atoms with van der Waals surface area (Å²) in [6, 6.07) is 3.81. The summed E-state index contributed by atoms with van der Waals surface area (Å²) in [7, 11) is 0. The maximum absolute atomic E-state index is 12.6. The second-order valence-electron chi connectivity index (χ2n) is 9.67. The van der Waals surface area contributed by atoms with Gasteiger partial charge in [-0.05, 0) is 73.3 Å². The highest BCUT2D eigenvalue weighted by molar-refractivity contribution is 5.73. The van der Waals surface area contributed by atoms with Gasteiger partial charge in [-0.25, -0.2) is 0 Å². The van der Waals surface area contributed by atoms with Gasteiger partial charge in [0.15, 0.2) is 0 Å². The van der Waals surface area contributed by atoms with Gasteiger partial charge in [-0.15, -0.1) is 0 Å². The Bertz CT molecular complexity index is 670. The van der Waals surface area contributed by atoms with Gasteiger partial charge in [0.2, 0.25) is 0 Å². The van der Waals surface area contributed by atoms with Gasteiger partial charge in [0.05, 0.1) is 6.42 Å². The number of fused-ring (bicyclic) bond motifs is 1. The molecule has 0 radical (unpaired) electrons. The zero-order chi connectivity index (χ0) is 17.9. The summed E-state index contributed by atoms with van der Waals surface area (Å²) in [5.74, 6) is 1.97. The highest BCUT2D eigenvalue weighted by Crippen LogP contribution is 2.73. The van der Waals surface area contributed by atoms with E-state index < -0.39 is 0 Å². The molecule has 136 valence electrons. The number of hydrogen-bond donors (Lipinski definition) is 0. The van der Waals surface area contributed by atoms with Crippen molar-refractivity contribution in [2.75, 3.05) is 0 Å². The minimum absolute atomic E-state index is 0.104. The first-order valence-corrected chi connectivity index (χ1v) is 9.89. The van der Waals surface area contributed by atoms with Gasteiger partial charge in [0.25, 0.3) is 0 Å². The molecule has 5 atom stereocenters. The van der Waals surface area contributed by atoms with Crippen molar-refractivity contribution in [2.45, 2.75) is 71.8 Å². The van der Waals surface area contributed by atoms with Gasteiger partial charge in [-0.3, -0.25) is 9.78 Å². The summed E-state index contributed by atoms with van der Waals surface area (Å²) >= 11 is 0. The van der Waals surface area contributed by atoms with Crippen LogP contribution in [0.25, 0.3) is 0 Å². The monoisotopic (exact) mass is 341 g/mol. The molecule has 3 nitrogen and oxygen atoms in total. The molecule has 0 N–H and O–H groups in total. The fourth-order valence-electron chi connectivity index (χ4n) is 6.95. The maximum atomic E-state index is 12.6. The number of carbonyl (C=O) groups excluding carboxylic acids is 1. The minimum atomic E-state index is -0.321. The van der Waals surface area contributed by atoms with E-state index in [1.54, 1.807) is 12.4 Å². The van der Waals surface area contributed by atoms with Crippen LogP contribution in [0, 0.1) is 28.6 Å². The Morgan fingerprint density at radius 1 is 1.24 bits per heavy atom. The van der Waals surface area contributed by atoms with E-state index in [9.17, 15) is 4.79 Å². The van der Waals surface area contributed by atoms with Crippen molar-refractivity contribution in [1.29, 1.82) is 0 Å². The molecule has 1 aromatic heterocycles. The highest BCUT2D eigenvalue weighted by Gasteiger charge is 2.68. The van der Waals surface area contributed by atoms with Gasteiger partial charge in [0, 0.05) is 18.3 Å². The minimum Gasteiger partial charge on any atom is -0.459 e. The van der Waals surface area contributed by atoms with Crippen LogP contribution < -0.4 is 0 Å². The summed E-state index contributed by atoms with van der Waals surface area (Å²) in [5, 5.41) is 0. The number of esters is 1. The summed E-state index contributed by atoms with van der Waals surface area (Å²) in [5.41, 5.74) is 1.37. The highest BCUT2D eigenvalue weighted by atomic mass is 16.6. The van der Waals surface area contributed by atoms with Crippen LogP contribution in [0.3, 0.4) is 0 Å². The lowest BCUT2D eigenvalue weighted by molar-refractivity contribution is -0.172. The molecule has 3 aliphatic carbocycles. The molecular weight excluding hydrogens is 310 g/mol. The molecule has 3 heteroatoms. The van der Waals surface area contributed by atoms with E-state index in [1.165, 1.54) is 25.7 Å². The van der Waals surface area contributed by atoms with Crippen LogP contribution in [-0.2, 0) is 16.0 Å². The van der Waals surface area contributed by atoms with Crippen molar-refractivity contribution < 1.29 is 9.53 Å². The van der Waals surface area contributed by atoms with Crippen LogP contribution in [0.4, 0.5) is 0 Å². The molecule has 1 unspecified atom stereocenters. The number of ether oxygens (including phenoxy) is 1. The molecule has 1 heterocycles. The zero-order valence-corrected chi connectivity index (χ0v) is 16.0. The molecule has 2 bridgehead atoms. The summed E-state index contributed by atoms with van der Waals surface area (Å²) in [6.07, 6.45) is 10.0.